The number of carbonyl (C=O) groups is 2. The van der Waals surface area contributed by atoms with Crippen molar-refractivity contribution in [2.24, 2.45) is 0 Å². The van der Waals surface area contributed by atoms with Crippen molar-refractivity contribution in [2.75, 3.05) is 20.8 Å². The largest absolute Gasteiger partial charge is 0.497 e. The molecule has 0 radical (unpaired) electrons. The van der Waals surface area contributed by atoms with Gasteiger partial charge in [-0.1, -0.05) is 58.0 Å². The fourth-order valence-corrected chi connectivity index (χ4v) is 3.49. The van der Waals surface area contributed by atoms with Gasteiger partial charge in [-0.05, 0) is 41.2 Å². The van der Waals surface area contributed by atoms with Crippen LogP contribution in [0.4, 0.5) is 0 Å². The zero-order valence-electron chi connectivity index (χ0n) is 19.4. The van der Waals surface area contributed by atoms with Gasteiger partial charge in [-0.25, -0.2) is 0 Å². The van der Waals surface area contributed by atoms with Gasteiger partial charge < -0.3 is 19.7 Å². The van der Waals surface area contributed by atoms with Gasteiger partial charge in [0.25, 0.3) is 5.91 Å². The van der Waals surface area contributed by atoms with E-state index in [2.05, 4.69) is 26.1 Å². The number of amides is 2. The quantitative estimate of drug-likeness (QED) is 0.660. The number of ether oxygens (including phenoxy) is 2. The van der Waals surface area contributed by atoms with Crippen molar-refractivity contribution in [3.8, 4) is 11.5 Å². The van der Waals surface area contributed by atoms with Crippen LogP contribution in [0.25, 0.3) is 0 Å². The molecule has 0 heterocycles. The molecule has 2 aromatic carbocycles. The standard InChI is InChI=1S/C25H34N2O4/c1-7-21(24(29)26-5)27(16-18-11-10-12-19(15-18)30-6)23(28)17-31-22-14-9-8-13-20(22)25(2,3)4/h8-15,21H,7,16-17H2,1-6H3,(H,26,29). The Morgan fingerprint density at radius 1 is 1.10 bits per heavy atom. The van der Waals surface area contributed by atoms with Crippen molar-refractivity contribution in [1.29, 1.82) is 0 Å². The second kappa shape index (κ2) is 10.8. The molecular weight excluding hydrogens is 392 g/mol. The number of benzene rings is 2. The molecule has 0 aliphatic heterocycles. The van der Waals surface area contributed by atoms with Crippen molar-refractivity contribution in [3.63, 3.8) is 0 Å². The molecule has 1 N–H and O–H groups in total. The van der Waals surface area contributed by atoms with Crippen LogP contribution >= 0.6 is 0 Å². The van der Waals surface area contributed by atoms with Gasteiger partial charge in [-0.2, -0.15) is 0 Å². The minimum Gasteiger partial charge on any atom is -0.497 e. The summed E-state index contributed by atoms with van der Waals surface area (Å²) in [6.07, 6.45) is 0.494. The molecule has 31 heavy (non-hydrogen) atoms. The number of rotatable bonds is 9. The lowest BCUT2D eigenvalue weighted by Gasteiger charge is -2.30. The highest BCUT2D eigenvalue weighted by Crippen LogP contribution is 2.31. The second-order valence-corrected chi connectivity index (χ2v) is 8.45. The van der Waals surface area contributed by atoms with Gasteiger partial charge in [0.15, 0.2) is 6.61 Å². The third-order valence-corrected chi connectivity index (χ3v) is 5.17. The Morgan fingerprint density at radius 2 is 1.81 bits per heavy atom. The molecule has 0 saturated carbocycles. The number of carbonyl (C=O) groups excluding carboxylic acids is 2. The van der Waals surface area contributed by atoms with E-state index in [-0.39, 0.29) is 30.4 Å². The highest BCUT2D eigenvalue weighted by molar-refractivity contribution is 5.88. The van der Waals surface area contributed by atoms with Crippen molar-refractivity contribution < 1.29 is 19.1 Å². The number of likely N-dealkylation sites (N-methyl/N-ethyl adjacent to an activating group) is 1. The van der Waals surface area contributed by atoms with Gasteiger partial charge in [-0.3, -0.25) is 9.59 Å². The lowest BCUT2D eigenvalue weighted by Crippen LogP contribution is -2.49. The summed E-state index contributed by atoms with van der Waals surface area (Å²) >= 11 is 0. The minimum absolute atomic E-state index is 0.117. The molecule has 0 aliphatic carbocycles. The van der Waals surface area contributed by atoms with Crippen LogP contribution in [0.3, 0.4) is 0 Å². The molecule has 0 aromatic heterocycles. The first-order chi connectivity index (χ1) is 14.7. The van der Waals surface area contributed by atoms with E-state index in [0.717, 1.165) is 11.1 Å². The van der Waals surface area contributed by atoms with Crippen molar-refractivity contribution in [1.82, 2.24) is 10.2 Å². The van der Waals surface area contributed by atoms with Crippen LogP contribution in [0.5, 0.6) is 11.5 Å². The summed E-state index contributed by atoms with van der Waals surface area (Å²) in [5, 5.41) is 2.66. The number of hydrogen-bond acceptors (Lipinski definition) is 4. The molecule has 1 unspecified atom stereocenters. The molecule has 0 fully saturated rings. The lowest BCUT2D eigenvalue weighted by molar-refractivity contribution is -0.142. The fourth-order valence-electron chi connectivity index (χ4n) is 3.49. The average molecular weight is 427 g/mol. The first kappa shape index (κ1) is 24.3. The fraction of sp³-hybridized carbons (Fsp3) is 0.440. The first-order valence-corrected chi connectivity index (χ1v) is 10.6. The van der Waals surface area contributed by atoms with E-state index in [1.807, 2.05) is 55.5 Å². The lowest BCUT2D eigenvalue weighted by atomic mass is 9.86. The maximum absolute atomic E-state index is 13.2. The highest BCUT2D eigenvalue weighted by atomic mass is 16.5. The summed E-state index contributed by atoms with van der Waals surface area (Å²) in [5.41, 5.74) is 1.79. The number of para-hydroxylation sites is 1. The maximum atomic E-state index is 13.2. The molecule has 0 aliphatic rings. The number of methoxy groups -OCH3 is 1. The van der Waals surface area contributed by atoms with Gasteiger partial charge in [0.1, 0.15) is 17.5 Å². The van der Waals surface area contributed by atoms with E-state index in [1.54, 1.807) is 19.1 Å². The number of nitrogens with one attached hydrogen (secondary N) is 1. The van der Waals surface area contributed by atoms with E-state index < -0.39 is 6.04 Å². The summed E-state index contributed by atoms with van der Waals surface area (Å²) in [6, 6.07) is 14.6. The van der Waals surface area contributed by atoms with E-state index in [1.165, 1.54) is 0 Å². The molecular formula is C25H34N2O4. The maximum Gasteiger partial charge on any atom is 0.261 e. The normalized spacial score (nSPS) is 12.1. The summed E-state index contributed by atoms with van der Waals surface area (Å²) in [6.45, 7) is 8.33. The Morgan fingerprint density at radius 3 is 2.42 bits per heavy atom. The van der Waals surface area contributed by atoms with Crippen LogP contribution in [-0.4, -0.2) is 43.5 Å². The molecule has 168 valence electrons. The predicted molar refractivity (Wildman–Crippen MR) is 122 cm³/mol. The molecule has 0 saturated heterocycles. The molecule has 2 rings (SSSR count). The first-order valence-electron chi connectivity index (χ1n) is 10.6. The molecule has 0 spiro atoms. The van der Waals surface area contributed by atoms with E-state index in [9.17, 15) is 9.59 Å². The highest BCUT2D eigenvalue weighted by Gasteiger charge is 2.29. The second-order valence-electron chi connectivity index (χ2n) is 8.45. The Labute approximate surface area is 185 Å². The summed E-state index contributed by atoms with van der Waals surface area (Å²) < 4.78 is 11.2. The van der Waals surface area contributed by atoms with Crippen LogP contribution < -0.4 is 14.8 Å². The smallest absolute Gasteiger partial charge is 0.261 e. The molecule has 6 heteroatoms. The zero-order chi connectivity index (χ0) is 23.0. The van der Waals surface area contributed by atoms with Gasteiger partial charge in [0.2, 0.25) is 5.91 Å². The summed E-state index contributed by atoms with van der Waals surface area (Å²) in [5.74, 6) is 0.932. The predicted octanol–water partition coefficient (Wildman–Crippen LogP) is 3.92. The van der Waals surface area contributed by atoms with Crippen LogP contribution in [0.1, 0.15) is 45.2 Å². The molecule has 0 bridgehead atoms. The van der Waals surface area contributed by atoms with Gasteiger partial charge >= 0.3 is 0 Å². The monoisotopic (exact) mass is 426 g/mol. The van der Waals surface area contributed by atoms with Gasteiger partial charge in [0, 0.05) is 13.6 Å². The van der Waals surface area contributed by atoms with E-state index >= 15 is 0 Å². The van der Waals surface area contributed by atoms with Crippen LogP contribution in [-0.2, 0) is 21.5 Å². The molecule has 2 aromatic rings. The molecule has 2 amide bonds. The van der Waals surface area contributed by atoms with Gasteiger partial charge in [0.05, 0.1) is 7.11 Å². The Hall–Kier alpha value is -3.02. The van der Waals surface area contributed by atoms with Crippen molar-refractivity contribution in [2.45, 2.75) is 52.1 Å². The Kier molecular flexibility index (Phi) is 8.48. The minimum atomic E-state index is -0.592. The van der Waals surface area contributed by atoms with Crippen LogP contribution in [0.15, 0.2) is 48.5 Å². The SMILES string of the molecule is CCC(C(=O)NC)N(Cc1cccc(OC)c1)C(=O)COc1ccccc1C(C)(C)C. The van der Waals surface area contributed by atoms with Crippen LogP contribution in [0, 0.1) is 0 Å². The Balaban J connectivity index is 2.27. The molecule has 6 nitrogen and oxygen atoms in total. The number of hydrogen-bond donors (Lipinski definition) is 1. The Bertz CT molecular complexity index is 889. The van der Waals surface area contributed by atoms with Gasteiger partial charge in [-0.15, -0.1) is 0 Å². The summed E-state index contributed by atoms with van der Waals surface area (Å²) in [4.78, 5) is 27.3. The van der Waals surface area contributed by atoms with E-state index in [0.29, 0.717) is 17.9 Å². The van der Waals surface area contributed by atoms with Crippen molar-refractivity contribution >= 4 is 11.8 Å². The average Bonchev–Trinajstić information content (AvgIpc) is 2.76. The summed E-state index contributed by atoms with van der Waals surface area (Å²) in [7, 11) is 3.18. The van der Waals surface area contributed by atoms with Crippen LogP contribution in [0.2, 0.25) is 0 Å². The zero-order valence-corrected chi connectivity index (χ0v) is 19.4. The van der Waals surface area contributed by atoms with Crippen molar-refractivity contribution in [3.05, 3.63) is 59.7 Å². The molecule has 1 atom stereocenters. The van der Waals surface area contributed by atoms with E-state index in [4.69, 9.17) is 9.47 Å². The third-order valence-electron chi connectivity index (χ3n) is 5.17. The number of nitrogens with zero attached hydrogens (tertiary/aromatic N) is 1. The third kappa shape index (κ3) is 6.48. The topological polar surface area (TPSA) is 67.9 Å².